The number of ether oxygens (including phenoxy) is 1. The molecule has 0 aliphatic carbocycles. The lowest BCUT2D eigenvalue weighted by Crippen LogP contribution is -2.05. The van der Waals surface area contributed by atoms with Crippen LogP contribution in [0.4, 0.5) is 0 Å². The zero-order valence-electron chi connectivity index (χ0n) is 10.5. The Hall–Kier alpha value is -1.33. The zero-order chi connectivity index (χ0) is 14.5. The lowest BCUT2D eigenvalue weighted by molar-refractivity contribution is 0.0921. The predicted molar refractivity (Wildman–Crippen MR) is 77.1 cm³/mol. The first-order valence-corrected chi connectivity index (χ1v) is 6.68. The molecule has 1 heterocycles. The van der Waals surface area contributed by atoms with Gasteiger partial charge >= 0.3 is 0 Å². The van der Waals surface area contributed by atoms with E-state index < -0.39 is 6.10 Å². The molecule has 2 aromatic rings. The molecule has 1 unspecified atom stereocenters. The Balaban J connectivity index is 2.04. The number of rotatable bonds is 5. The van der Waals surface area contributed by atoms with Gasteiger partial charge < -0.3 is 14.9 Å². The van der Waals surface area contributed by atoms with Gasteiger partial charge in [-0.2, -0.15) is 0 Å². The molecule has 6 heteroatoms. The van der Waals surface area contributed by atoms with Crippen LogP contribution in [0.3, 0.4) is 0 Å². The molecule has 0 radical (unpaired) electrons. The molecular weight excluding hydrogens is 301 g/mol. The van der Waals surface area contributed by atoms with Gasteiger partial charge in [-0.05, 0) is 24.3 Å². The van der Waals surface area contributed by atoms with Gasteiger partial charge in [0.1, 0.15) is 18.5 Å². The monoisotopic (exact) mass is 313 g/mol. The molecule has 0 amide bonds. The van der Waals surface area contributed by atoms with Gasteiger partial charge in [0, 0.05) is 15.6 Å². The summed E-state index contributed by atoms with van der Waals surface area (Å²) in [6.45, 7) is -0.148. The largest absolute Gasteiger partial charge is 0.487 e. The van der Waals surface area contributed by atoms with Crippen molar-refractivity contribution in [1.82, 2.24) is 4.98 Å². The second-order valence-electron chi connectivity index (χ2n) is 4.11. The highest BCUT2D eigenvalue weighted by Crippen LogP contribution is 2.25. The Kier molecular flexibility index (Phi) is 5.20. The van der Waals surface area contributed by atoms with Crippen LogP contribution in [-0.4, -0.2) is 21.8 Å². The molecule has 1 atom stereocenters. The highest BCUT2D eigenvalue weighted by molar-refractivity contribution is 6.35. The molecule has 0 aliphatic rings. The summed E-state index contributed by atoms with van der Waals surface area (Å²) in [5.74, 6) is 0.523. The van der Waals surface area contributed by atoms with Crippen molar-refractivity contribution in [2.45, 2.75) is 12.7 Å². The predicted octanol–water partition coefficient (Wildman–Crippen LogP) is 2.99. The van der Waals surface area contributed by atoms with Gasteiger partial charge in [0.2, 0.25) is 0 Å². The summed E-state index contributed by atoms with van der Waals surface area (Å²) >= 11 is 12.1. The summed E-state index contributed by atoms with van der Waals surface area (Å²) < 4.78 is 5.55. The van der Waals surface area contributed by atoms with Gasteiger partial charge in [-0.1, -0.05) is 29.3 Å². The maximum atomic E-state index is 9.41. The Morgan fingerprint density at radius 3 is 2.40 bits per heavy atom. The van der Waals surface area contributed by atoms with Crippen LogP contribution >= 0.6 is 23.2 Å². The van der Waals surface area contributed by atoms with Gasteiger partial charge in [0.15, 0.2) is 0 Å². The van der Waals surface area contributed by atoms with E-state index >= 15 is 0 Å². The molecule has 0 saturated carbocycles. The lowest BCUT2D eigenvalue weighted by atomic mass is 10.2. The molecule has 2 N–H and O–H groups in total. The number of benzene rings is 1. The molecule has 0 saturated heterocycles. The minimum absolute atomic E-state index is 0.224. The lowest BCUT2D eigenvalue weighted by Gasteiger charge is -2.10. The third-order valence-corrected chi connectivity index (χ3v) is 3.43. The van der Waals surface area contributed by atoms with Gasteiger partial charge in [0.25, 0.3) is 0 Å². The van der Waals surface area contributed by atoms with E-state index in [1.807, 2.05) is 0 Å². The topological polar surface area (TPSA) is 62.6 Å². The maximum Gasteiger partial charge on any atom is 0.138 e. The van der Waals surface area contributed by atoms with Crippen molar-refractivity contribution in [3.63, 3.8) is 0 Å². The fraction of sp³-hybridized carbons (Fsp3) is 0.214. The van der Waals surface area contributed by atoms with Crippen LogP contribution in [0.15, 0.2) is 36.5 Å². The van der Waals surface area contributed by atoms with Crippen molar-refractivity contribution in [2.75, 3.05) is 6.61 Å². The smallest absolute Gasteiger partial charge is 0.138 e. The van der Waals surface area contributed by atoms with Crippen molar-refractivity contribution in [2.24, 2.45) is 0 Å². The number of aromatic nitrogens is 1. The molecule has 0 spiro atoms. The number of nitrogens with zero attached hydrogens (tertiary/aromatic N) is 1. The molecule has 20 heavy (non-hydrogen) atoms. The van der Waals surface area contributed by atoms with Gasteiger partial charge in [-0.3, -0.25) is 4.98 Å². The Morgan fingerprint density at radius 2 is 1.85 bits per heavy atom. The number of pyridine rings is 1. The number of halogens is 2. The maximum absolute atomic E-state index is 9.41. The van der Waals surface area contributed by atoms with Crippen LogP contribution in [0.2, 0.25) is 10.0 Å². The zero-order valence-corrected chi connectivity index (χ0v) is 12.0. The summed E-state index contributed by atoms with van der Waals surface area (Å²) in [4.78, 5) is 4.01. The third-order valence-electron chi connectivity index (χ3n) is 2.72. The summed E-state index contributed by atoms with van der Waals surface area (Å²) in [5, 5.41) is 19.3. The normalized spacial score (nSPS) is 12.2. The van der Waals surface area contributed by atoms with E-state index in [0.29, 0.717) is 27.1 Å². The van der Waals surface area contributed by atoms with Crippen molar-refractivity contribution in [1.29, 1.82) is 0 Å². The summed E-state index contributed by atoms with van der Waals surface area (Å²) in [6.07, 6.45) is 0.487. The first-order valence-electron chi connectivity index (χ1n) is 5.92. The minimum atomic E-state index is -0.984. The molecule has 1 aromatic heterocycles. The van der Waals surface area contributed by atoms with Crippen molar-refractivity contribution >= 4 is 23.2 Å². The molecular formula is C14H13Cl2NO3. The quantitative estimate of drug-likeness (QED) is 0.890. The molecule has 0 bridgehead atoms. The van der Waals surface area contributed by atoms with E-state index in [4.69, 9.17) is 33.0 Å². The fourth-order valence-electron chi connectivity index (χ4n) is 1.59. The van der Waals surface area contributed by atoms with E-state index in [9.17, 15) is 5.11 Å². The highest BCUT2D eigenvalue weighted by atomic mass is 35.5. The highest BCUT2D eigenvalue weighted by Gasteiger charge is 2.09. The van der Waals surface area contributed by atoms with Gasteiger partial charge in [-0.15, -0.1) is 0 Å². The number of hydrogen-bond donors (Lipinski definition) is 2. The summed E-state index contributed by atoms with van der Waals surface area (Å²) in [5.41, 5.74) is 1.09. The standard InChI is InChI=1S/C14H13Cl2NO3/c15-11-2-1-3-12(16)10(11)8-20-9-4-5-13(17-6-9)14(19)7-18/h1-6,14,18-19H,7-8H2. The molecule has 1 aromatic carbocycles. The van der Waals surface area contributed by atoms with Crippen molar-refractivity contribution in [3.05, 3.63) is 57.8 Å². The fourth-order valence-corrected chi connectivity index (χ4v) is 2.10. The van der Waals surface area contributed by atoms with Crippen LogP contribution in [0.5, 0.6) is 5.75 Å². The number of aliphatic hydroxyl groups excluding tert-OH is 2. The van der Waals surface area contributed by atoms with Crippen LogP contribution in [0.1, 0.15) is 17.4 Å². The van der Waals surface area contributed by atoms with Crippen LogP contribution in [0, 0.1) is 0 Å². The second-order valence-corrected chi connectivity index (χ2v) is 4.92. The van der Waals surface area contributed by atoms with E-state index in [1.165, 1.54) is 6.20 Å². The molecule has 4 nitrogen and oxygen atoms in total. The van der Waals surface area contributed by atoms with Gasteiger partial charge in [-0.25, -0.2) is 0 Å². The van der Waals surface area contributed by atoms with Gasteiger partial charge in [0.05, 0.1) is 18.5 Å². The SMILES string of the molecule is OCC(O)c1ccc(OCc2c(Cl)cccc2Cl)cn1. The summed E-state index contributed by atoms with van der Waals surface area (Å²) in [7, 11) is 0. The van der Waals surface area contributed by atoms with E-state index in [1.54, 1.807) is 30.3 Å². The Morgan fingerprint density at radius 1 is 1.15 bits per heavy atom. The van der Waals surface area contributed by atoms with E-state index in [0.717, 1.165) is 0 Å². The molecule has 0 aliphatic heterocycles. The average molecular weight is 314 g/mol. The average Bonchev–Trinajstić information content (AvgIpc) is 2.46. The Bertz CT molecular complexity index is 555. The number of hydrogen-bond acceptors (Lipinski definition) is 4. The van der Waals surface area contributed by atoms with Crippen LogP contribution in [-0.2, 0) is 6.61 Å². The van der Waals surface area contributed by atoms with E-state index in [-0.39, 0.29) is 13.2 Å². The van der Waals surface area contributed by atoms with Crippen molar-refractivity contribution in [3.8, 4) is 5.75 Å². The van der Waals surface area contributed by atoms with E-state index in [2.05, 4.69) is 4.98 Å². The molecule has 0 fully saturated rings. The molecule has 106 valence electrons. The number of aliphatic hydroxyl groups is 2. The third kappa shape index (κ3) is 3.61. The van der Waals surface area contributed by atoms with Crippen LogP contribution < -0.4 is 4.74 Å². The first kappa shape index (κ1) is 15.1. The summed E-state index contributed by atoms with van der Waals surface area (Å²) in [6, 6.07) is 8.49. The minimum Gasteiger partial charge on any atom is -0.487 e. The first-order chi connectivity index (χ1) is 9.61. The molecule has 2 rings (SSSR count). The van der Waals surface area contributed by atoms with Crippen molar-refractivity contribution < 1.29 is 14.9 Å². The van der Waals surface area contributed by atoms with Crippen LogP contribution in [0.25, 0.3) is 0 Å². The second kappa shape index (κ2) is 6.90. The Labute approximate surface area is 126 Å².